The molecule has 1 N–H and O–H groups in total. The highest BCUT2D eigenvalue weighted by Gasteiger charge is 2.26. The molecule has 1 aromatic heterocycles. The van der Waals surface area contributed by atoms with Crippen molar-refractivity contribution in [2.24, 2.45) is 7.05 Å². The largest absolute Gasteiger partial charge is 0.338 e. The van der Waals surface area contributed by atoms with Gasteiger partial charge in [-0.2, -0.15) is 0 Å². The van der Waals surface area contributed by atoms with Crippen LogP contribution in [0, 0.1) is 0 Å². The molecule has 3 nitrogen and oxygen atoms in total. The van der Waals surface area contributed by atoms with E-state index in [4.69, 9.17) is 0 Å². The quantitative estimate of drug-likeness (QED) is 0.792. The highest BCUT2D eigenvalue weighted by Crippen LogP contribution is 2.26. The molecule has 14 heavy (non-hydrogen) atoms. The molecule has 0 aliphatic carbocycles. The van der Waals surface area contributed by atoms with Gasteiger partial charge in [-0.1, -0.05) is 13.8 Å². The number of nitrogens with zero attached hydrogens (tertiary/aromatic N) is 2. The fourth-order valence-corrected chi connectivity index (χ4v) is 1.98. The van der Waals surface area contributed by atoms with Crippen LogP contribution < -0.4 is 5.32 Å². The number of hydrogen-bond donors (Lipinski definition) is 1. The van der Waals surface area contributed by atoms with Crippen LogP contribution in [0.15, 0.2) is 12.4 Å². The Hall–Kier alpha value is -0.830. The van der Waals surface area contributed by atoms with Gasteiger partial charge in [-0.3, -0.25) is 0 Å². The number of nitrogens with one attached hydrogen (secondary N) is 1. The minimum Gasteiger partial charge on any atom is -0.338 e. The number of aromatic nitrogens is 2. The third-order valence-corrected chi connectivity index (χ3v) is 2.74. The third-order valence-electron chi connectivity index (χ3n) is 2.74. The van der Waals surface area contributed by atoms with Gasteiger partial charge >= 0.3 is 0 Å². The molecule has 0 bridgehead atoms. The highest BCUT2D eigenvalue weighted by molar-refractivity contribution is 5.07. The first-order chi connectivity index (χ1) is 6.47. The summed E-state index contributed by atoms with van der Waals surface area (Å²) in [5, 5.41) is 3.27. The summed E-state index contributed by atoms with van der Waals surface area (Å²) in [6.45, 7) is 6.68. The van der Waals surface area contributed by atoms with Gasteiger partial charge in [0, 0.05) is 30.9 Å². The molecule has 0 saturated heterocycles. The van der Waals surface area contributed by atoms with E-state index in [2.05, 4.69) is 35.6 Å². The summed E-state index contributed by atoms with van der Waals surface area (Å²) in [5.41, 5.74) is 0.126. The molecule has 1 unspecified atom stereocenters. The Morgan fingerprint density at radius 2 is 2.21 bits per heavy atom. The zero-order valence-electron chi connectivity index (χ0n) is 9.83. The van der Waals surface area contributed by atoms with Gasteiger partial charge in [0.25, 0.3) is 0 Å². The molecule has 1 heterocycles. The van der Waals surface area contributed by atoms with Gasteiger partial charge in [-0.25, -0.2) is 4.98 Å². The van der Waals surface area contributed by atoms with Crippen molar-refractivity contribution in [1.29, 1.82) is 0 Å². The molecule has 0 saturated carbocycles. The minimum absolute atomic E-state index is 0.126. The summed E-state index contributed by atoms with van der Waals surface area (Å²) < 4.78 is 2.10. The van der Waals surface area contributed by atoms with Crippen molar-refractivity contribution in [1.82, 2.24) is 14.9 Å². The van der Waals surface area contributed by atoms with E-state index >= 15 is 0 Å². The van der Waals surface area contributed by atoms with Gasteiger partial charge in [0.2, 0.25) is 0 Å². The maximum absolute atomic E-state index is 4.41. The second kappa shape index (κ2) is 4.13. The predicted molar refractivity (Wildman–Crippen MR) is 59.4 cm³/mol. The molecule has 3 heteroatoms. The summed E-state index contributed by atoms with van der Waals surface area (Å²) >= 11 is 0. The summed E-state index contributed by atoms with van der Waals surface area (Å²) in [5.74, 6) is 1.15. The van der Waals surface area contributed by atoms with Crippen LogP contribution >= 0.6 is 0 Å². The second-order valence-corrected chi connectivity index (χ2v) is 4.64. The molecule has 0 fully saturated rings. The Balaban J connectivity index is 2.80. The number of hydrogen-bond acceptors (Lipinski definition) is 2. The van der Waals surface area contributed by atoms with Crippen molar-refractivity contribution < 1.29 is 0 Å². The maximum atomic E-state index is 4.41. The molecule has 0 spiro atoms. The van der Waals surface area contributed by atoms with E-state index in [9.17, 15) is 0 Å². The smallest absolute Gasteiger partial charge is 0.114 e. The summed E-state index contributed by atoms with van der Waals surface area (Å²) in [6.07, 6.45) is 4.95. The Bertz CT molecular complexity index is 288. The van der Waals surface area contributed by atoms with Crippen LogP contribution in [0.5, 0.6) is 0 Å². The second-order valence-electron chi connectivity index (χ2n) is 4.64. The highest BCUT2D eigenvalue weighted by atomic mass is 15.0. The standard InChI is InChI=1S/C11H21N3/c1-9(12-4)8-11(2,3)10-13-6-7-14(10)5/h6-7,9,12H,8H2,1-5H3. The van der Waals surface area contributed by atoms with Gasteiger partial charge < -0.3 is 9.88 Å². The van der Waals surface area contributed by atoms with E-state index in [0.717, 1.165) is 12.2 Å². The third kappa shape index (κ3) is 2.35. The Morgan fingerprint density at radius 3 is 2.64 bits per heavy atom. The lowest BCUT2D eigenvalue weighted by Crippen LogP contribution is -2.32. The van der Waals surface area contributed by atoms with E-state index in [0.29, 0.717) is 6.04 Å². The maximum Gasteiger partial charge on any atom is 0.114 e. The first-order valence-corrected chi connectivity index (χ1v) is 5.12. The van der Waals surface area contributed by atoms with Crippen LogP contribution in [0.3, 0.4) is 0 Å². The molecular weight excluding hydrogens is 174 g/mol. The minimum atomic E-state index is 0.126. The Kier molecular flexibility index (Phi) is 3.32. The Morgan fingerprint density at radius 1 is 1.57 bits per heavy atom. The molecule has 0 aliphatic heterocycles. The molecule has 0 aliphatic rings. The molecule has 0 amide bonds. The monoisotopic (exact) mass is 195 g/mol. The zero-order chi connectivity index (χ0) is 10.8. The van der Waals surface area contributed by atoms with Crippen molar-refractivity contribution in [3.05, 3.63) is 18.2 Å². The summed E-state index contributed by atoms with van der Waals surface area (Å²) in [4.78, 5) is 4.41. The Labute approximate surface area is 86.5 Å². The predicted octanol–water partition coefficient (Wildman–Crippen LogP) is 1.70. The first kappa shape index (κ1) is 11.2. The van der Waals surface area contributed by atoms with Gasteiger partial charge in [-0.05, 0) is 20.4 Å². The van der Waals surface area contributed by atoms with Crippen LogP contribution in [0.2, 0.25) is 0 Å². The number of imidazole rings is 1. The van der Waals surface area contributed by atoms with Crippen LogP contribution in [0.25, 0.3) is 0 Å². The fraction of sp³-hybridized carbons (Fsp3) is 0.727. The summed E-state index contributed by atoms with van der Waals surface area (Å²) in [7, 11) is 4.05. The number of rotatable bonds is 4. The fourth-order valence-electron chi connectivity index (χ4n) is 1.98. The van der Waals surface area contributed by atoms with E-state index in [1.807, 2.05) is 26.5 Å². The molecule has 80 valence electrons. The molecule has 1 aromatic rings. The van der Waals surface area contributed by atoms with Crippen LogP contribution in [0.1, 0.15) is 33.0 Å². The van der Waals surface area contributed by atoms with Gasteiger partial charge in [0.1, 0.15) is 5.82 Å². The van der Waals surface area contributed by atoms with Gasteiger partial charge in [0.05, 0.1) is 0 Å². The van der Waals surface area contributed by atoms with Crippen molar-refractivity contribution >= 4 is 0 Å². The average molecular weight is 195 g/mol. The zero-order valence-corrected chi connectivity index (χ0v) is 9.83. The van der Waals surface area contributed by atoms with E-state index in [1.54, 1.807) is 0 Å². The van der Waals surface area contributed by atoms with Crippen molar-refractivity contribution in [2.45, 2.75) is 38.6 Å². The van der Waals surface area contributed by atoms with E-state index < -0.39 is 0 Å². The van der Waals surface area contributed by atoms with Crippen LogP contribution in [-0.2, 0) is 12.5 Å². The SMILES string of the molecule is CNC(C)CC(C)(C)c1nccn1C. The molecule has 1 atom stereocenters. The topological polar surface area (TPSA) is 29.9 Å². The van der Waals surface area contributed by atoms with E-state index in [-0.39, 0.29) is 5.41 Å². The summed E-state index contributed by atoms with van der Waals surface area (Å²) in [6, 6.07) is 0.515. The molecule has 1 rings (SSSR count). The van der Waals surface area contributed by atoms with E-state index in [1.165, 1.54) is 0 Å². The van der Waals surface area contributed by atoms with Crippen molar-refractivity contribution in [2.75, 3.05) is 7.05 Å². The van der Waals surface area contributed by atoms with Crippen LogP contribution in [-0.4, -0.2) is 22.6 Å². The first-order valence-electron chi connectivity index (χ1n) is 5.12. The van der Waals surface area contributed by atoms with Crippen LogP contribution in [0.4, 0.5) is 0 Å². The lowest BCUT2D eigenvalue weighted by Gasteiger charge is -2.27. The van der Waals surface area contributed by atoms with Gasteiger partial charge in [0.15, 0.2) is 0 Å². The van der Waals surface area contributed by atoms with Crippen molar-refractivity contribution in [3.63, 3.8) is 0 Å². The molecule has 0 aromatic carbocycles. The average Bonchev–Trinajstić information content (AvgIpc) is 2.51. The lowest BCUT2D eigenvalue weighted by molar-refractivity contribution is 0.378. The lowest BCUT2D eigenvalue weighted by atomic mass is 9.85. The molecule has 0 radical (unpaired) electrons. The normalized spacial score (nSPS) is 14.4. The molecular formula is C11H21N3. The number of aryl methyl sites for hydroxylation is 1. The van der Waals surface area contributed by atoms with Gasteiger partial charge in [-0.15, -0.1) is 0 Å². The van der Waals surface area contributed by atoms with Crippen molar-refractivity contribution in [3.8, 4) is 0 Å².